The van der Waals surface area contributed by atoms with E-state index in [0.717, 1.165) is 18.4 Å². The number of hydrogen-bond donors (Lipinski definition) is 1. The molecule has 0 aliphatic heterocycles. The van der Waals surface area contributed by atoms with Crippen LogP contribution in [0.2, 0.25) is 5.02 Å². The molecule has 118 valence electrons. The Labute approximate surface area is 137 Å². The monoisotopic (exact) mass is 330 g/mol. The standard InChI is InChI=1S/C17H15ClN2O3/c18-13-6-2-1-4-12(13)5-3-8-20-11-10-19-9-7-14(21)16(22)15(19)17(20)23/h1-2,4,6-7,9-11,22H,3,5,8H2. The van der Waals surface area contributed by atoms with Gasteiger partial charge in [0.1, 0.15) is 0 Å². The topological polar surface area (TPSA) is 63.7 Å². The zero-order valence-electron chi connectivity index (χ0n) is 12.3. The highest BCUT2D eigenvalue weighted by Crippen LogP contribution is 2.16. The number of rotatable bonds is 4. The van der Waals surface area contributed by atoms with E-state index >= 15 is 0 Å². The number of aromatic nitrogens is 2. The highest BCUT2D eigenvalue weighted by molar-refractivity contribution is 6.31. The van der Waals surface area contributed by atoms with E-state index < -0.39 is 11.2 Å². The lowest BCUT2D eigenvalue weighted by molar-refractivity contribution is 0.471. The van der Waals surface area contributed by atoms with Gasteiger partial charge in [-0.15, -0.1) is 0 Å². The van der Waals surface area contributed by atoms with Crippen molar-refractivity contribution in [1.29, 1.82) is 0 Å². The highest BCUT2D eigenvalue weighted by atomic mass is 35.5. The minimum Gasteiger partial charge on any atom is -0.503 e. The predicted molar refractivity (Wildman–Crippen MR) is 89.4 cm³/mol. The molecule has 2 aromatic heterocycles. The van der Waals surface area contributed by atoms with Crippen molar-refractivity contribution in [2.75, 3.05) is 0 Å². The van der Waals surface area contributed by atoms with Crippen molar-refractivity contribution in [3.05, 3.63) is 80.1 Å². The second-order valence-electron chi connectivity index (χ2n) is 5.28. The molecule has 0 bridgehead atoms. The van der Waals surface area contributed by atoms with Crippen LogP contribution in [0.1, 0.15) is 12.0 Å². The fourth-order valence-corrected chi connectivity index (χ4v) is 2.78. The Bertz CT molecular complexity index is 975. The van der Waals surface area contributed by atoms with Crippen LogP contribution in [0, 0.1) is 0 Å². The van der Waals surface area contributed by atoms with Crippen molar-refractivity contribution in [3.8, 4) is 5.75 Å². The molecule has 1 aromatic carbocycles. The van der Waals surface area contributed by atoms with Gasteiger partial charge >= 0.3 is 0 Å². The summed E-state index contributed by atoms with van der Waals surface area (Å²) in [6, 6.07) is 8.82. The maximum absolute atomic E-state index is 12.4. The van der Waals surface area contributed by atoms with E-state index in [2.05, 4.69) is 0 Å². The first-order valence-corrected chi connectivity index (χ1v) is 7.62. The lowest BCUT2D eigenvalue weighted by Crippen LogP contribution is -2.23. The summed E-state index contributed by atoms with van der Waals surface area (Å²) < 4.78 is 2.94. The molecular weight excluding hydrogens is 316 g/mol. The molecule has 23 heavy (non-hydrogen) atoms. The van der Waals surface area contributed by atoms with Gasteiger partial charge in [0.25, 0.3) is 5.56 Å². The molecule has 3 rings (SSSR count). The third kappa shape index (κ3) is 3.00. The number of halogens is 1. The van der Waals surface area contributed by atoms with Crippen LogP contribution in [-0.4, -0.2) is 14.1 Å². The van der Waals surface area contributed by atoms with E-state index in [0.29, 0.717) is 11.6 Å². The van der Waals surface area contributed by atoms with Crippen LogP contribution in [-0.2, 0) is 13.0 Å². The molecule has 0 amide bonds. The fourth-order valence-electron chi connectivity index (χ4n) is 2.55. The maximum Gasteiger partial charge on any atom is 0.278 e. The molecule has 2 heterocycles. The zero-order chi connectivity index (χ0) is 16.4. The van der Waals surface area contributed by atoms with E-state index in [1.807, 2.05) is 24.3 Å². The normalized spacial score (nSPS) is 11.0. The van der Waals surface area contributed by atoms with E-state index in [4.69, 9.17) is 11.6 Å². The number of pyridine rings is 1. The van der Waals surface area contributed by atoms with E-state index in [1.54, 1.807) is 12.4 Å². The lowest BCUT2D eigenvalue weighted by Gasteiger charge is -2.09. The van der Waals surface area contributed by atoms with Crippen LogP contribution in [0.15, 0.2) is 58.5 Å². The van der Waals surface area contributed by atoms with Gasteiger partial charge in [0.15, 0.2) is 11.3 Å². The minimum atomic E-state index is -0.559. The number of aromatic hydroxyl groups is 1. The smallest absolute Gasteiger partial charge is 0.278 e. The van der Waals surface area contributed by atoms with E-state index in [-0.39, 0.29) is 11.1 Å². The van der Waals surface area contributed by atoms with Crippen molar-refractivity contribution in [1.82, 2.24) is 8.97 Å². The van der Waals surface area contributed by atoms with Gasteiger partial charge in [0, 0.05) is 36.2 Å². The van der Waals surface area contributed by atoms with Gasteiger partial charge in [-0.05, 0) is 24.5 Å². The van der Waals surface area contributed by atoms with Crippen LogP contribution in [0.5, 0.6) is 5.75 Å². The molecule has 0 atom stereocenters. The number of fused-ring (bicyclic) bond motifs is 1. The third-order valence-electron chi connectivity index (χ3n) is 3.78. The summed E-state index contributed by atoms with van der Waals surface area (Å²) >= 11 is 6.11. The molecule has 1 N–H and O–H groups in total. The SMILES string of the molecule is O=c1ccn2ccn(CCCc3ccccc3Cl)c(=O)c2c1O. The summed E-state index contributed by atoms with van der Waals surface area (Å²) in [6.07, 6.45) is 6.21. The fraction of sp³-hybridized carbons (Fsp3) is 0.176. The van der Waals surface area contributed by atoms with Gasteiger partial charge in [-0.25, -0.2) is 0 Å². The molecule has 0 fully saturated rings. The summed E-state index contributed by atoms with van der Waals surface area (Å²) in [5.74, 6) is -0.516. The Morgan fingerprint density at radius 1 is 1.04 bits per heavy atom. The van der Waals surface area contributed by atoms with Crippen molar-refractivity contribution in [2.45, 2.75) is 19.4 Å². The summed E-state index contributed by atoms with van der Waals surface area (Å²) in [6.45, 7) is 0.475. The summed E-state index contributed by atoms with van der Waals surface area (Å²) in [5.41, 5.74) is 0.0811. The van der Waals surface area contributed by atoms with Gasteiger partial charge < -0.3 is 14.1 Å². The van der Waals surface area contributed by atoms with Gasteiger partial charge in [-0.3, -0.25) is 9.59 Å². The van der Waals surface area contributed by atoms with Gasteiger partial charge in [0.2, 0.25) is 5.43 Å². The first-order valence-electron chi connectivity index (χ1n) is 7.25. The molecular formula is C17H15ClN2O3. The molecule has 0 saturated heterocycles. The zero-order valence-corrected chi connectivity index (χ0v) is 13.0. The van der Waals surface area contributed by atoms with E-state index in [9.17, 15) is 14.7 Å². The highest BCUT2D eigenvalue weighted by Gasteiger charge is 2.09. The Morgan fingerprint density at radius 2 is 1.83 bits per heavy atom. The molecule has 0 spiro atoms. The molecule has 0 aliphatic rings. The third-order valence-corrected chi connectivity index (χ3v) is 4.14. The van der Waals surface area contributed by atoms with E-state index in [1.165, 1.54) is 21.2 Å². The molecule has 0 saturated carbocycles. The Morgan fingerprint density at radius 3 is 2.61 bits per heavy atom. The summed E-state index contributed by atoms with van der Waals surface area (Å²) in [5, 5.41) is 10.5. The Balaban J connectivity index is 1.85. The second kappa shape index (κ2) is 6.30. The molecule has 0 radical (unpaired) electrons. The van der Waals surface area contributed by atoms with Crippen LogP contribution in [0.25, 0.3) is 5.52 Å². The van der Waals surface area contributed by atoms with Crippen LogP contribution in [0.4, 0.5) is 0 Å². The first kappa shape index (κ1) is 15.4. The summed E-state index contributed by atoms with van der Waals surface area (Å²) in [4.78, 5) is 23.9. The van der Waals surface area contributed by atoms with Gasteiger partial charge in [-0.2, -0.15) is 0 Å². The summed E-state index contributed by atoms with van der Waals surface area (Å²) in [7, 11) is 0. The van der Waals surface area contributed by atoms with Gasteiger partial charge in [0.05, 0.1) is 0 Å². The van der Waals surface area contributed by atoms with Crippen LogP contribution in [0.3, 0.4) is 0 Å². The average Bonchev–Trinajstić information content (AvgIpc) is 2.54. The van der Waals surface area contributed by atoms with Crippen molar-refractivity contribution in [3.63, 3.8) is 0 Å². The van der Waals surface area contributed by atoms with Crippen molar-refractivity contribution in [2.24, 2.45) is 0 Å². The van der Waals surface area contributed by atoms with Gasteiger partial charge in [-0.1, -0.05) is 29.8 Å². The lowest BCUT2D eigenvalue weighted by atomic mass is 10.1. The quantitative estimate of drug-likeness (QED) is 0.799. The average molecular weight is 331 g/mol. The van der Waals surface area contributed by atoms with Crippen LogP contribution >= 0.6 is 11.6 Å². The number of hydrogen-bond acceptors (Lipinski definition) is 3. The molecule has 0 aliphatic carbocycles. The molecule has 6 heteroatoms. The number of aryl methyl sites for hydroxylation is 2. The predicted octanol–water partition coefficient (Wildman–Crippen LogP) is 2.45. The Hall–Kier alpha value is -2.53. The Kier molecular flexibility index (Phi) is 4.21. The van der Waals surface area contributed by atoms with Crippen LogP contribution < -0.4 is 11.0 Å². The number of benzene rings is 1. The first-order chi connectivity index (χ1) is 11.1. The largest absolute Gasteiger partial charge is 0.503 e. The van der Waals surface area contributed by atoms with Crippen molar-refractivity contribution < 1.29 is 5.11 Å². The second-order valence-corrected chi connectivity index (χ2v) is 5.68. The molecule has 3 aromatic rings. The number of nitrogens with zero attached hydrogens (tertiary/aromatic N) is 2. The molecule has 0 unspecified atom stereocenters. The maximum atomic E-state index is 12.4. The van der Waals surface area contributed by atoms with Crippen molar-refractivity contribution >= 4 is 17.1 Å². The molecule has 5 nitrogen and oxygen atoms in total. The minimum absolute atomic E-state index is 0.00209.